The molecule has 1 aliphatic heterocycles. The summed E-state index contributed by atoms with van der Waals surface area (Å²) in [5.41, 5.74) is 5.43. The van der Waals surface area contributed by atoms with Crippen molar-refractivity contribution >= 4 is 5.82 Å². The van der Waals surface area contributed by atoms with Gasteiger partial charge in [0.25, 0.3) is 5.56 Å². The molecule has 0 amide bonds. The van der Waals surface area contributed by atoms with Crippen LogP contribution in [0.1, 0.15) is 0 Å². The zero-order chi connectivity index (χ0) is 8.55. The van der Waals surface area contributed by atoms with Gasteiger partial charge in [0.1, 0.15) is 0 Å². The van der Waals surface area contributed by atoms with E-state index in [0.29, 0.717) is 5.82 Å². The fourth-order valence-electron chi connectivity index (χ4n) is 1.25. The molecule has 0 aromatic carbocycles. The third kappa shape index (κ3) is 1.08. The summed E-state index contributed by atoms with van der Waals surface area (Å²) in [5, 5.41) is 0. The molecule has 0 atom stereocenters. The van der Waals surface area contributed by atoms with Gasteiger partial charge < -0.3 is 15.6 Å². The molecule has 0 radical (unpaired) electrons. The van der Waals surface area contributed by atoms with E-state index in [2.05, 4.69) is 9.97 Å². The standard InChI is InChI=1S/C7H10N4O/c8-5-3-11(4-5)6-7(12)10-2-1-9-6/h1-2,5H,3-4,8H2,(H,10,12). The third-order valence-corrected chi connectivity index (χ3v) is 1.90. The smallest absolute Gasteiger partial charge is 0.290 e. The van der Waals surface area contributed by atoms with E-state index in [-0.39, 0.29) is 11.6 Å². The summed E-state index contributed by atoms with van der Waals surface area (Å²) < 4.78 is 0. The largest absolute Gasteiger partial charge is 0.349 e. The van der Waals surface area contributed by atoms with Gasteiger partial charge in [-0.3, -0.25) is 4.79 Å². The van der Waals surface area contributed by atoms with E-state index in [1.165, 1.54) is 6.20 Å². The maximum atomic E-state index is 11.2. The Hall–Kier alpha value is -1.36. The first-order chi connectivity index (χ1) is 5.77. The Kier molecular flexibility index (Phi) is 1.58. The van der Waals surface area contributed by atoms with E-state index in [1.54, 1.807) is 6.20 Å². The molecule has 1 saturated heterocycles. The Labute approximate surface area is 69.2 Å². The second-order valence-electron chi connectivity index (χ2n) is 2.91. The molecule has 0 saturated carbocycles. The Morgan fingerprint density at radius 2 is 2.42 bits per heavy atom. The van der Waals surface area contributed by atoms with Gasteiger partial charge in [-0.2, -0.15) is 0 Å². The normalized spacial score (nSPS) is 17.6. The summed E-state index contributed by atoms with van der Waals surface area (Å²) in [5.74, 6) is 0.471. The number of aromatic nitrogens is 2. The van der Waals surface area contributed by atoms with Crippen LogP contribution in [0.5, 0.6) is 0 Å². The molecule has 5 nitrogen and oxygen atoms in total. The summed E-state index contributed by atoms with van der Waals surface area (Å²) in [6, 6.07) is 0.186. The minimum absolute atomic E-state index is 0.149. The molecule has 3 N–H and O–H groups in total. The van der Waals surface area contributed by atoms with Gasteiger partial charge in [-0.15, -0.1) is 0 Å². The number of nitrogens with two attached hydrogens (primary N) is 1. The monoisotopic (exact) mass is 166 g/mol. The molecular formula is C7H10N4O. The third-order valence-electron chi connectivity index (χ3n) is 1.90. The quantitative estimate of drug-likeness (QED) is 0.556. The summed E-state index contributed by atoms with van der Waals surface area (Å²) in [6.07, 6.45) is 3.09. The number of rotatable bonds is 1. The Balaban J connectivity index is 2.24. The molecule has 1 aromatic rings. The molecule has 0 aliphatic carbocycles. The lowest BCUT2D eigenvalue weighted by atomic mass is 10.1. The predicted molar refractivity (Wildman–Crippen MR) is 45.0 cm³/mol. The van der Waals surface area contributed by atoms with Crippen LogP contribution in [0.25, 0.3) is 0 Å². The summed E-state index contributed by atoms with van der Waals surface area (Å²) >= 11 is 0. The lowest BCUT2D eigenvalue weighted by molar-refractivity contribution is 0.512. The molecule has 0 spiro atoms. The average molecular weight is 166 g/mol. The number of aromatic amines is 1. The van der Waals surface area contributed by atoms with Crippen molar-refractivity contribution in [3.63, 3.8) is 0 Å². The van der Waals surface area contributed by atoms with E-state index in [4.69, 9.17) is 5.73 Å². The fourth-order valence-corrected chi connectivity index (χ4v) is 1.25. The molecule has 2 heterocycles. The van der Waals surface area contributed by atoms with Crippen LogP contribution in [-0.2, 0) is 0 Å². The summed E-state index contributed by atoms with van der Waals surface area (Å²) in [4.78, 5) is 19.5. The number of nitrogens with zero attached hydrogens (tertiary/aromatic N) is 2. The van der Waals surface area contributed by atoms with Gasteiger partial charge in [0.2, 0.25) is 0 Å². The van der Waals surface area contributed by atoms with Gasteiger partial charge >= 0.3 is 0 Å². The maximum Gasteiger partial charge on any atom is 0.290 e. The zero-order valence-corrected chi connectivity index (χ0v) is 6.53. The molecular weight excluding hydrogens is 156 g/mol. The van der Waals surface area contributed by atoms with Crippen LogP contribution in [0.2, 0.25) is 0 Å². The van der Waals surface area contributed by atoms with Crippen molar-refractivity contribution in [2.45, 2.75) is 6.04 Å². The van der Waals surface area contributed by atoms with Gasteiger partial charge in [0.05, 0.1) is 0 Å². The summed E-state index contributed by atoms with van der Waals surface area (Å²) in [7, 11) is 0. The van der Waals surface area contributed by atoms with Crippen molar-refractivity contribution in [2.24, 2.45) is 5.73 Å². The highest BCUT2D eigenvalue weighted by Gasteiger charge is 2.25. The highest BCUT2D eigenvalue weighted by Crippen LogP contribution is 2.11. The molecule has 0 bridgehead atoms. The van der Waals surface area contributed by atoms with Crippen molar-refractivity contribution in [1.29, 1.82) is 0 Å². The van der Waals surface area contributed by atoms with Crippen LogP contribution in [0, 0.1) is 0 Å². The predicted octanol–water partition coefficient (Wildman–Crippen LogP) is -1.08. The van der Waals surface area contributed by atoms with Crippen LogP contribution in [0.15, 0.2) is 17.2 Å². The SMILES string of the molecule is NC1CN(c2ncc[nH]c2=O)C1. The minimum Gasteiger partial charge on any atom is -0.349 e. The van der Waals surface area contributed by atoms with Crippen LogP contribution in [0.4, 0.5) is 5.82 Å². The maximum absolute atomic E-state index is 11.2. The van der Waals surface area contributed by atoms with Crippen LogP contribution < -0.4 is 16.2 Å². The molecule has 1 aliphatic rings. The highest BCUT2D eigenvalue weighted by molar-refractivity contribution is 5.39. The first-order valence-corrected chi connectivity index (χ1v) is 3.81. The Bertz CT molecular complexity index is 328. The van der Waals surface area contributed by atoms with Crippen LogP contribution >= 0.6 is 0 Å². The van der Waals surface area contributed by atoms with Gasteiger partial charge in [0.15, 0.2) is 5.82 Å². The van der Waals surface area contributed by atoms with Crippen molar-refractivity contribution in [1.82, 2.24) is 9.97 Å². The average Bonchev–Trinajstić information content (AvgIpc) is 2.01. The molecule has 12 heavy (non-hydrogen) atoms. The second-order valence-corrected chi connectivity index (χ2v) is 2.91. The van der Waals surface area contributed by atoms with E-state index < -0.39 is 0 Å². The number of anilines is 1. The van der Waals surface area contributed by atoms with Crippen LogP contribution in [-0.4, -0.2) is 29.1 Å². The van der Waals surface area contributed by atoms with Crippen LogP contribution in [0.3, 0.4) is 0 Å². The Morgan fingerprint density at radius 1 is 1.67 bits per heavy atom. The van der Waals surface area contributed by atoms with E-state index in [9.17, 15) is 4.79 Å². The molecule has 64 valence electrons. The van der Waals surface area contributed by atoms with Crippen molar-refractivity contribution < 1.29 is 0 Å². The number of hydrogen-bond donors (Lipinski definition) is 2. The highest BCUT2D eigenvalue weighted by atomic mass is 16.1. The fraction of sp³-hybridized carbons (Fsp3) is 0.429. The van der Waals surface area contributed by atoms with Crippen molar-refractivity contribution in [3.05, 3.63) is 22.7 Å². The van der Waals surface area contributed by atoms with E-state index >= 15 is 0 Å². The van der Waals surface area contributed by atoms with E-state index in [1.807, 2.05) is 4.90 Å². The first kappa shape index (κ1) is 7.30. The van der Waals surface area contributed by atoms with Crippen molar-refractivity contribution in [3.8, 4) is 0 Å². The molecule has 2 rings (SSSR count). The van der Waals surface area contributed by atoms with Gasteiger partial charge in [-0.05, 0) is 0 Å². The number of hydrogen-bond acceptors (Lipinski definition) is 4. The lowest BCUT2D eigenvalue weighted by Gasteiger charge is -2.36. The van der Waals surface area contributed by atoms with E-state index in [0.717, 1.165) is 13.1 Å². The minimum atomic E-state index is -0.149. The second kappa shape index (κ2) is 2.60. The van der Waals surface area contributed by atoms with Gasteiger partial charge in [-0.1, -0.05) is 0 Å². The molecule has 0 unspecified atom stereocenters. The molecule has 5 heteroatoms. The molecule has 1 fully saturated rings. The number of nitrogens with one attached hydrogen (secondary N) is 1. The number of H-pyrrole nitrogens is 1. The van der Waals surface area contributed by atoms with Crippen molar-refractivity contribution in [2.75, 3.05) is 18.0 Å². The zero-order valence-electron chi connectivity index (χ0n) is 6.53. The van der Waals surface area contributed by atoms with Gasteiger partial charge in [0, 0.05) is 31.5 Å². The lowest BCUT2D eigenvalue weighted by Crippen LogP contribution is -2.57. The molecule has 1 aromatic heterocycles. The topological polar surface area (TPSA) is 75.0 Å². The summed E-state index contributed by atoms with van der Waals surface area (Å²) in [6.45, 7) is 1.44. The Morgan fingerprint density at radius 3 is 3.00 bits per heavy atom. The first-order valence-electron chi connectivity index (χ1n) is 3.81. The van der Waals surface area contributed by atoms with Gasteiger partial charge in [-0.25, -0.2) is 4.98 Å².